The first-order chi connectivity index (χ1) is 11.5. The minimum Gasteiger partial charge on any atom is -0.303 e. The Morgan fingerprint density at radius 1 is 0.917 bits per heavy atom. The molecule has 1 heteroatoms. The minimum absolute atomic E-state index is 0.529. The van der Waals surface area contributed by atoms with E-state index in [2.05, 4.69) is 20.8 Å². The predicted octanol–water partition coefficient (Wildman–Crippen LogP) is 6.26. The van der Waals surface area contributed by atoms with Crippen LogP contribution in [0.5, 0.6) is 0 Å². The van der Waals surface area contributed by atoms with Crippen molar-refractivity contribution < 1.29 is 4.79 Å². The smallest absolute Gasteiger partial charge is 0.120 e. The van der Waals surface area contributed by atoms with Crippen LogP contribution in [0, 0.1) is 46.3 Å². The fourth-order valence-electron chi connectivity index (χ4n) is 8.59. The molecule has 24 heavy (non-hydrogen) atoms. The summed E-state index contributed by atoms with van der Waals surface area (Å²) in [5, 5.41) is 0. The van der Waals surface area contributed by atoms with Gasteiger partial charge in [0.2, 0.25) is 0 Å². The van der Waals surface area contributed by atoms with E-state index in [1.165, 1.54) is 70.5 Å². The van der Waals surface area contributed by atoms with Crippen LogP contribution in [0.1, 0.15) is 91.4 Å². The zero-order chi connectivity index (χ0) is 16.9. The lowest BCUT2D eigenvalue weighted by Crippen LogP contribution is -2.53. The molecular weight excluding hydrogens is 292 g/mol. The molecule has 1 unspecified atom stereocenters. The number of aldehydes is 1. The number of fused-ring (bicyclic) bond motifs is 5. The highest BCUT2D eigenvalue weighted by molar-refractivity contribution is 5.49. The number of hydrogen-bond donors (Lipinski definition) is 0. The van der Waals surface area contributed by atoms with E-state index in [0.717, 1.165) is 36.0 Å². The Hall–Kier alpha value is -0.330. The van der Waals surface area contributed by atoms with Gasteiger partial charge in [-0.05, 0) is 97.7 Å². The van der Waals surface area contributed by atoms with Crippen molar-refractivity contribution in [1.82, 2.24) is 0 Å². The van der Waals surface area contributed by atoms with Gasteiger partial charge in [-0.1, -0.05) is 33.6 Å². The molecule has 0 aromatic heterocycles. The van der Waals surface area contributed by atoms with E-state index in [0.29, 0.717) is 16.7 Å². The van der Waals surface area contributed by atoms with E-state index in [-0.39, 0.29) is 0 Å². The van der Waals surface area contributed by atoms with Gasteiger partial charge in [0.05, 0.1) is 0 Å². The Morgan fingerprint density at radius 2 is 1.71 bits per heavy atom. The van der Waals surface area contributed by atoms with Gasteiger partial charge in [-0.2, -0.15) is 0 Å². The van der Waals surface area contributed by atoms with Crippen LogP contribution in [0.15, 0.2) is 0 Å². The van der Waals surface area contributed by atoms with Gasteiger partial charge < -0.3 is 4.79 Å². The van der Waals surface area contributed by atoms with Crippen LogP contribution >= 0.6 is 0 Å². The molecule has 0 aromatic rings. The third-order valence-corrected chi connectivity index (χ3v) is 9.81. The first-order valence-corrected chi connectivity index (χ1v) is 10.9. The van der Waals surface area contributed by atoms with Crippen molar-refractivity contribution >= 4 is 6.29 Å². The maximum absolute atomic E-state index is 11.1. The topological polar surface area (TPSA) is 17.1 Å². The summed E-state index contributed by atoms with van der Waals surface area (Å²) in [7, 11) is 0. The van der Waals surface area contributed by atoms with Gasteiger partial charge in [-0.15, -0.1) is 0 Å². The van der Waals surface area contributed by atoms with Crippen LogP contribution in [0.2, 0.25) is 0 Å². The van der Waals surface area contributed by atoms with Gasteiger partial charge >= 0.3 is 0 Å². The standard InChI is InChI=1S/C23H38O/c1-16(12-15-24)19-9-10-20-18-8-7-17-6-4-5-13-22(17,2)21(18)11-14-23(19,20)3/h15-21H,4-14H2,1-3H3/t16-,17?,18+,19-,20+,21+,22+,23-/m1/s1. The van der Waals surface area contributed by atoms with Gasteiger partial charge in [0.1, 0.15) is 6.29 Å². The molecule has 0 aromatic carbocycles. The molecular formula is C23H38O. The number of rotatable bonds is 3. The first-order valence-electron chi connectivity index (χ1n) is 10.9. The average Bonchev–Trinajstić information content (AvgIpc) is 2.92. The van der Waals surface area contributed by atoms with Gasteiger partial charge in [-0.3, -0.25) is 0 Å². The van der Waals surface area contributed by atoms with Crippen LogP contribution in [0.4, 0.5) is 0 Å². The van der Waals surface area contributed by atoms with Crippen molar-refractivity contribution in [1.29, 1.82) is 0 Å². The molecule has 4 aliphatic carbocycles. The quantitative estimate of drug-likeness (QED) is 0.558. The molecule has 8 atom stereocenters. The predicted molar refractivity (Wildman–Crippen MR) is 99.7 cm³/mol. The van der Waals surface area contributed by atoms with E-state index >= 15 is 0 Å². The van der Waals surface area contributed by atoms with E-state index in [1.54, 1.807) is 0 Å². The molecule has 0 saturated heterocycles. The SMILES string of the molecule is C[C@H](CC=O)[C@H]1CC[C@H]2[C@@H]3CCC4CCCC[C@]4(C)[C@H]3CC[C@]12C. The Labute approximate surface area is 149 Å². The van der Waals surface area contributed by atoms with Crippen LogP contribution < -0.4 is 0 Å². The lowest BCUT2D eigenvalue weighted by molar-refractivity contribution is -0.117. The Morgan fingerprint density at radius 3 is 2.50 bits per heavy atom. The number of carbonyl (C=O) groups excluding carboxylic acids is 1. The third-order valence-electron chi connectivity index (χ3n) is 9.81. The summed E-state index contributed by atoms with van der Waals surface area (Å²) in [6, 6.07) is 0. The van der Waals surface area contributed by atoms with Crippen LogP contribution in [-0.4, -0.2) is 6.29 Å². The fraction of sp³-hybridized carbons (Fsp3) is 0.957. The van der Waals surface area contributed by atoms with Gasteiger partial charge in [0, 0.05) is 6.42 Å². The maximum Gasteiger partial charge on any atom is 0.120 e. The van der Waals surface area contributed by atoms with Gasteiger partial charge in [-0.25, -0.2) is 0 Å². The molecule has 0 bridgehead atoms. The molecule has 0 radical (unpaired) electrons. The Balaban J connectivity index is 1.58. The molecule has 0 amide bonds. The van der Waals surface area contributed by atoms with E-state index in [9.17, 15) is 4.79 Å². The lowest BCUT2D eigenvalue weighted by Gasteiger charge is -2.60. The second-order valence-electron chi connectivity index (χ2n) is 10.5. The zero-order valence-electron chi connectivity index (χ0n) is 16.2. The molecule has 136 valence electrons. The number of carbonyl (C=O) groups is 1. The monoisotopic (exact) mass is 330 g/mol. The molecule has 0 spiro atoms. The van der Waals surface area contributed by atoms with Crippen LogP contribution in [-0.2, 0) is 4.79 Å². The summed E-state index contributed by atoms with van der Waals surface area (Å²) >= 11 is 0. The van der Waals surface area contributed by atoms with Crippen molar-refractivity contribution in [2.24, 2.45) is 46.3 Å². The second kappa shape index (κ2) is 6.13. The van der Waals surface area contributed by atoms with Crippen LogP contribution in [0.25, 0.3) is 0 Å². The highest BCUT2D eigenvalue weighted by Crippen LogP contribution is 2.68. The average molecular weight is 331 g/mol. The largest absolute Gasteiger partial charge is 0.303 e. The number of hydrogen-bond acceptors (Lipinski definition) is 1. The zero-order valence-corrected chi connectivity index (χ0v) is 16.2. The summed E-state index contributed by atoms with van der Waals surface area (Å²) in [5.74, 6) is 5.38. The molecule has 0 N–H and O–H groups in total. The first kappa shape index (κ1) is 17.1. The van der Waals surface area contributed by atoms with E-state index in [1.807, 2.05) is 0 Å². The van der Waals surface area contributed by atoms with E-state index in [4.69, 9.17) is 0 Å². The fourth-order valence-corrected chi connectivity index (χ4v) is 8.59. The highest BCUT2D eigenvalue weighted by atomic mass is 16.1. The molecule has 0 aliphatic heterocycles. The Kier molecular flexibility index (Phi) is 4.37. The summed E-state index contributed by atoms with van der Waals surface area (Å²) in [6.45, 7) is 7.64. The molecule has 4 saturated carbocycles. The van der Waals surface area contributed by atoms with Crippen molar-refractivity contribution in [3.05, 3.63) is 0 Å². The van der Waals surface area contributed by atoms with Gasteiger partial charge in [0.25, 0.3) is 0 Å². The molecule has 4 fully saturated rings. The van der Waals surface area contributed by atoms with Crippen molar-refractivity contribution in [2.45, 2.75) is 91.4 Å². The molecule has 1 nitrogen and oxygen atoms in total. The van der Waals surface area contributed by atoms with Crippen molar-refractivity contribution in [3.63, 3.8) is 0 Å². The molecule has 4 rings (SSSR count). The summed E-state index contributed by atoms with van der Waals surface area (Å²) in [6.07, 6.45) is 16.7. The summed E-state index contributed by atoms with van der Waals surface area (Å²) in [5.41, 5.74) is 1.19. The van der Waals surface area contributed by atoms with Crippen LogP contribution in [0.3, 0.4) is 0 Å². The summed E-state index contributed by atoms with van der Waals surface area (Å²) in [4.78, 5) is 11.1. The van der Waals surface area contributed by atoms with Crippen molar-refractivity contribution in [3.8, 4) is 0 Å². The van der Waals surface area contributed by atoms with E-state index < -0.39 is 0 Å². The summed E-state index contributed by atoms with van der Waals surface area (Å²) < 4.78 is 0. The highest BCUT2D eigenvalue weighted by Gasteiger charge is 2.59. The Bertz CT molecular complexity index is 484. The second-order valence-corrected chi connectivity index (χ2v) is 10.5. The van der Waals surface area contributed by atoms with Crippen molar-refractivity contribution in [2.75, 3.05) is 0 Å². The molecule has 4 aliphatic rings. The van der Waals surface area contributed by atoms with Gasteiger partial charge in [0.15, 0.2) is 0 Å². The minimum atomic E-state index is 0.529. The molecule has 0 heterocycles. The maximum atomic E-state index is 11.1. The lowest BCUT2D eigenvalue weighted by atomic mass is 9.44. The third kappa shape index (κ3) is 2.36. The normalized spacial score (nSPS) is 52.0.